The maximum atomic E-state index is 12.2. The number of hydrogen-bond donors (Lipinski definition) is 3. The van der Waals surface area contributed by atoms with Gasteiger partial charge in [-0.1, -0.05) is 12.1 Å². The number of carbonyl (C=O) groups is 3. The van der Waals surface area contributed by atoms with E-state index in [-0.39, 0.29) is 18.2 Å². The van der Waals surface area contributed by atoms with Crippen LogP contribution in [0.3, 0.4) is 0 Å². The number of hydrogen-bond acceptors (Lipinski definition) is 5. The predicted molar refractivity (Wildman–Crippen MR) is 86.4 cm³/mol. The van der Waals surface area contributed by atoms with Gasteiger partial charge < -0.3 is 16.0 Å². The first kappa shape index (κ1) is 15.2. The molecule has 0 saturated carbocycles. The standard InChI is InChI=1S/C15H14N4O3S/c1-8-7-23-15(16-8)19-12(20)6-11-14(22)17-10-5-3-2-4-9(10)13(21)18-11/h2-5,7,11H,6H2,1H3,(H,17,22)(H,18,21)(H,16,19,20). The van der Waals surface area contributed by atoms with Crippen LogP contribution >= 0.6 is 11.3 Å². The fourth-order valence-electron chi connectivity index (χ4n) is 2.22. The van der Waals surface area contributed by atoms with E-state index < -0.39 is 11.9 Å². The van der Waals surface area contributed by atoms with Crippen LogP contribution in [-0.2, 0) is 9.59 Å². The molecule has 8 heteroatoms. The van der Waals surface area contributed by atoms with Crippen molar-refractivity contribution in [2.75, 3.05) is 10.6 Å². The number of aryl methyl sites for hydroxylation is 1. The molecule has 0 bridgehead atoms. The van der Waals surface area contributed by atoms with Gasteiger partial charge in [-0.2, -0.15) is 0 Å². The largest absolute Gasteiger partial charge is 0.340 e. The second-order valence-corrected chi connectivity index (χ2v) is 5.97. The van der Waals surface area contributed by atoms with Gasteiger partial charge >= 0.3 is 0 Å². The van der Waals surface area contributed by atoms with Crippen molar-refractivity contribution in [3.63, 3.8) is 0 Å². The van der Waals surface area contributed by atoms with Gasteiger partial charge in [-0.15, -0.1) is 11.3 Å². The van der Waals surface area contributed by atoms with E-state index in [2.05, 4.69) is 20.9 Å². The Hall–Kier alpha value is -2.74. The molecule has 7 nitrogen and oxygen atoms in total. The Balaban J connectivity index is 1.70. The molecule has 1 atom stereocenters. The summed E-state index contributed by atoms with van der Waals surface area (Å²) in [6.07, 6.45) is -0.163. The molecule has 0 spiro atoms. The first-order valence-corrected chi connectivity index (χ1v) is 7.83. The minimum Gasteiger partial charge on any atom is -0.340 e. The number of carbonyl (C=O) groups excluding carboxylic acids is 3. The van der Waals surface area contributed by atoms with Crippen molar-refractivity contribution in [1.82, 2.24) is 10.3 Å². The molecule has 1 aliphatic rings. The Bertz CT molecular complexity index is 787. The van der Waals surface area contributed by atoms with Crippen molar-refractivity contribution < 1.29 is 14.4 Å². The van der Waals surface area contributed by atoms with Gasteiger partial charge in [0.05, 0.1) is 23.4 Å². The number of benzene rings is 1. The lowest BCUT2D eigenvalue weighted by Crippen LogP contribution is -2.43. The minimum atomic E-state index is -0.934. The van der Waals surface area contributed by atoms with E-state index in [0.29, 0.717) is 16.4 Å². The van der Waals surface area contributed by atoms with Gasteiger partial charge in [0.15, 0.2) is 5.13 Å². The summed E-state index contributed by atoms with van der Waals surface area (Å²) in [5.41, 5.74) is 1.62. The van der Waals surface area contributed by atoms with Crippen molar-refractivity contribution in [2.45, 2.75) is 19.4 Å². The van der Waals surface area contributed by atoms with Crippen LogP contribution < -0.4 is 16.0 Å². The number of para-hydroxylation sites is 1. The van der Waals surface area contributed by atoms with E-state index in [1.165, 1.54) is 11.3 Å². The maximum Gasteiger partial charge on any atom is 0.254 e. The average Bonchev–Trinajstić information content (AvgIpc) is 2.86. The zero-order chi connectivity index (χ0) is 16.4. The third-order valence-electron chi connectivity index (χ3n) is 3.31. The lowest BCUT2D eigenvalue weighted by Gasteiger charge is -2.13. The van der Waals surface area contributed by atoms with Gasteiger partial charge in [-0.05, 0) is 19.1 Å². The van der Waals surface area contributed by atoms with Crippen LogP contribution in [0.5, 0.6) is 0 Å². The van der Waals surface area contributed by atoms with Gasteiger partial charge in [0, 0.05) is 5.38 Å². The molecule has 1 aromatic carbocycles. The van der Waals surface area contributed by atoms with Crippen LogP contribution in [-0.4, -0.2) is 28.7 Å². The second-order valence-electron chi connectivity index (χ2n) is 5.11. The van der Waals surface area contributed by atoms with E-state index >= 15 is 0 Å². The van der Waals surface area contributed by atoms with Crippen molar-refractivity contribution >= 4 is 39.9 Å². The highest BCUT2D eigenvalue weighted by Gasteiger charge is 2.29. The van der Waals surface area contributed by atoms with Crippen LogP contribution in [0.1, 0.15) is 22.5 Å². The highest BCUT2D eigenvalue weighted by molar-refractivity contribution is 7.13. The number of thiazole rings is 1. The second kappa shape index (κ2) is 6.17. The first-order chi connectivity index (χ1) is 11.0. The molecule has 0 radical (unpaired) electrons. The molecule has 1 unspecified atom stereocenters. The average molecular weight is 330 g/mol. The zero-order valence-electron chi connectivity index (χ0n) is 12.3. The molecule has 23 heavy (non-hydrogen) atoms. The molecule has 0 saturated heterocycles. The number of nitrogens with one attached hydrogen (secondary N) is 3. The molecule has 1 aromatic heterocycles. The summed E-state index contributed by atoms with van der Waals surface area (Å²) in [6, 6.07) is 5.77. The monoisotopic (exact) mass is 330 g/mol. The third kappa shape index (κ3) is 3.37. The smallest absolute Gasteiger partial charge is 0.254 e. The summed E-state index contributed by atoms with van der Waals surface area (Å²) < 4.78 is 0. The quantitative estimate of drug-likeness (QED) is 0.794. The van der Waals surface area contributed by atoms with Gasteiger partial charge in [-0.3, -0.25) is 14.4 Å². The summed E-state index contributed by atoms with van der Waals surface area (Å²) in [4.78, 5) is 40.5. The van der Waals surface area contributed by atoms with Crippen LogP contribution in [0, 0.1) is 6.92 Å². The van der Waals surface area contributed by atoms with E-state index in [9.17, 15) is 14.4 Å². The Labute approximate surface area is 136 Å². The molecule has 3 amide bonds. The molecule has 118 valence electrons. The number of aromatic nitrogens is 1. The highest BCUT2D eigenvalue weighted by Crippen LogP contribution is 2.19. The minimum absolute atomic E-state index is 0.163. The molecule has 1 aliphatic heterocycles. The zero-order valence-corrected chi connectivity index (χ0v) is 13.1. The van der Waals surface area contributed by atoms with E-state index in [1.54, 1.807) is 24.3 Å². The predicted octanol–water partition coefficient (Wildman–Crippen LogP) is 1.53. The van der Waals surface area contributed by atoms with Crippen LogP contribution in [0.2, 0.25) is 0 Å². The number of rotatable bonds is 3. The van der Waals surface area contributed by atoms with E-state index in [0.717, 1.165) is 5.69 Å². The summed E-state index contributed by atoms with van der Waals surface area (Å²) in [5, 5.41) is 10.1. The Morgan fingerprint density at radius 2 is 2.13 bits per heavy atom. The number of amides is 3. The summed E-state index contributed by atoms with van der Waals surface area (Å²) in [7, 11) is 0. The first-order valence-electron chi connectivity index (χ1n) is 6.95. The van der Waals surface area contributed by atoms with Gasteiger partial charge in [0.1, 0.15) is 6.04 Å². The summed E-state index contributed by atoms with van der Waals surface area (Å²) in [5.74, 6) is -1.19. The molecule has 0 aliphatic carbocycles. The van der Waals surface area contributed by atoms with Gasteiger partial charge in [-0.25, -0.2) is 4.98 Å². The highest BCUT2D eigenvalue weighted by atomic mass is 32.1. The number of nitrogens with zero attached hydrogens (tertiary/aromatic N) is 1. The lowest BCUT2D eigenvalue weighted by atomic mass is 10.1. The molecular formula is C15H14N4O3S. The topological polar surface area (TPSA) is 100 Å². The molecule has 3 N–H and O–H groups in total. The van der Waals surface area contributed by atoms with E-state index in [1.807, 2.05) is 12.3 Å². The van der Waals surface area contributed by atoms with Crippen molar-refractivity contribution in [1.29, 1.82) is 0 Å². The lowest BCUT2D eigenvalue weighted by molar-refractivity contribution is -0.122. The maximum absolute atomic E-state index is 12.2. The summed E-state index contributed by atoms with van der Waals surface area (Å²) >= 11 is 1.30. The van der Waals surface area contributed by atoms with Crippen LogP contribution in [0.4, 0.5) is 10.8 Å². The molecule has 2 aromatic rings. The van der Waals surface area contributed by atoms with Gasteiger partial charge in [0.2, 0.25) is 11.8 Å². The van der Waals surface area contributed by atoms with Crippen LogP contribution in [0.25, 0.3) is 0 Å². The Morgan fingerprint density at radius 1 is 1.35 bits per heavy atom. The van der Waals surface area contributed by atoms with Crippen LogP contribution in [0.15, 0.2) is 29.6 Å². The molecule has 2 heterocycles. The normalized spacial score (nSPS) is 16.8. The molecular weight excluding hydrogens is 316 g/mol. The Kier molecular flexibility index (Phi) is 4.07. The van der Waals surface area contributed by atoms with Gasteiger partial charge in [0.25, 0.3) is 5.91 Å². The van der Waals surface area contributed by atoms with Crippen molar-refractivity contribution in [3.8, 4) is 0 Å². The third-order valence-corrected chi connectivity index (χ3v) is 4.18. The SMILES string of the molecule is Cc1csc(NC(=O)CC2NC(=O)c3ccccc3NC2=O)n1. The van der Waals surface area contributed by atoms with Crippen molar-refractivity contribution in [2.24, 2.45) is 0 Å². The number of anilines is 2. The number of fused-ring (bicyclic) bond motifs is 1. The van der Waals surface area contributed by atoms with Crippen molar-refractivity contribution in [3.05, 3.63) is 40.9 Å². The molecule has 3 rings (SSSR count). The van der Waals surface area contributed by atoms with E-state index in [4.69, 9.17) is 0 Å². The summed E-state index contributed by atoms with van der Waals surface area (Å²) in [6.45, 7) is 1.82. The molecule has 0 fully saturated rings. The fraction of sp³-hybridized carbons (Fsp3) is 0.200. The fourth-order valence-corrected chi connectivity index (χ4v) is 2.93. The Morgan fingerprint density at radius 3 is 2.87 bits per heavy atom.